The Labute approximate surface area is 81.5 Å². The normalized spacial score (nSPS) is 17.3. The fourth-order valence-corrected chi connectivity index (χ4v) is 1.06. The number of carbonyl (C=O) groups is 2. The third kappa shape index (κ3) is 2.59. The van der Waals surface area contributed by atoms with Crippen molar-refractivity contribution in [3.05, 3.63) is 0 Å². The zero-order valence-corrected chi connectivity index (χ0v) is 7.93. The highest BCUT2D eigenvalue weighted by Crippen LogP contribution is 2.25. The first-order valence-electron chi connectivity index (χ1n) is 4.43. The van der Waals surface area contributed by atoms with Gasteiger partial charge in [-0.05, 0) is 12.8 Å². The molecule has 0 unspecified atom stereocenters. The van der Waals surface area contributed by atoms with Crippen LogP contribution in [-0.4, -0.2) is 52.9 Å². The Hall–Kier alpha value is -1.30. The van der Waals surface area contributed by atoms with Crippen LogP contribution in [0.5, 0.6) is 0 Å². The molecule has 0 bridgehead atoms. The van der Waals surface area contributed by atoms with Crippen molar-refractivity contribution in [2.45, 2.75) is 24.9 Å². The highest BCUT2D eigenvalue weighted by molar-refractivity contribution is 5.82. The summed E-state index contributed by atoms with van der Waals surface area (Å²) in [6.45, 7) is -0.598. The van der Waals surface area contributed by atoms with Crippen molar-refractivity contribution >= 4 is 12.0 Å². The molecule has 1 fully saturated rings. The van der Waals surface area contributed by atoms with Gasteiger partial charge in [0.05, 0.1) is 6.61 Å². The maximum absolute atomic E-state index is 11.3. The predicted octanol–water partition coefficient (Wildman–Crippen LogP) is -0.764. The van der Waals surface area contributed by atoms with Crippen molar-refractivity contribution in [2.75, 3.05) is 13.7 Å². The molecular weight excluding hydrogens is 188 g/mol. The highest BCUT2D eigenvalue weighted by atomic mass is 16.4. The van der Waals surface area contributed by atoms with Gasteiger partial charge >= 0.3 is 12.0 Å². The molecule has 0 heterocycles. The Bertz CT molecular complexity index is 239. The molecule has 0 aromatic heterocycles. The SMILES string of the molecule is CN(C(=O)N[C@H](CO)C(=O)O)C1CC1. The molecule has 0 aromatic carbocycles. The predicted molar refractivity (Wildman–Crippen MR) is 47.8 cm³/mol. The monoisotopic (exact) mass is 202 g/mol. The topological polar surface area (TPSA) is 89.9 Å². The van der Waals surface area contributed by atoms with Crippen molar-refractivity contribution in [3.63, 3.8) is 0 Å². The van der Waals surface area contributed by atoms with Crippen LogP contribution in [0.25, 0.3) is 0 Å². The molecule has 0 aromatic rings. The van der Waals surface area contributed by atoms with E-state index in [1.165, 1.54) is 4.90 Å². The Morgan fingerprint density at radius 2 is 2.14 bits per heavy atom. The van der Waals surface area contributed by atoms with Crippen molar-refractivity contribution in [1.29, 1.82) is 0 Å². The van der Waals surface area contributed by atoms with Crippen LogP contribution in [0.4, 0.5) is 4.79 Å². The number of urea groups is 1. The van der Waals surface area contributed by atoms with Crippen LogP contribution in [-0.2, 0) is 4.79 Å². The minimum Gasteiger partial charge on any atom is -0.480 e. The molecule has 0 aliphatic heterocycles. The molecule has 1 atom stereocenters. The first-order valence-corrected chi connectivity index (χ1v) is 4.43. The molecule has 2 amide bonds. The smallest absolute Gasteiger partial charge is 0.328 e. The largest absolute Gasteiger partial charge is 0.480 e. The second kappa shape index (κ2) is 4.28. The van der Waals surface area contributed by atoms with Gasteiger partial charge in [-0.2, -0.15) is 0 Å². The van der Waals surface area contributed by atoms with E-state index in [1.54, 1.807) is 7.05 Å². The van der Waals surface area contributed by atoms with E-state index in [4.69, 9.17) is 10.2 Å². The summed E-state index contributed by atoms with van der Waals surface area (Å²) in [7, 11) is 1.61. The summed E-state index contributed by atoms with van der Waals surface area (Å²) in [5, 5.41) is 19.5. The van der Waals surface area contributed by atoms with Gasteiger partial charge in [0.25, 0.3) is 0 Å². The molecule has 1 rings (SSSR count). The average Bonchev–Trinajstić information content (AvgIpc) is 2.95. The van der Waals surface area contributed by atoms with Gasteiger partial charge in [0, 0.05) is 13.1 Å². The van der Waals surface area contributed by atoms with Gasteiger partial charge in [0.15, 0.2) is 6.04 Å². The summed E-state index contributed by atoms with van der Waals surface area (Å²) >= 11 is 0. The van der Waals surface area contributed by atoms with Gasteiger partial charge < -0.3 is 20.4 Å². The zero-order chi connectivity index (χ0) is 10.7. The number of aliphatic hydroxyl groups excluding tert-OH is 1. The van der Waals surface area contributed by atoms with Crippen LogP contribution < -0.4 is 5.32 Å². The molecule has 1 saturated carbocycles. The third-order valence-corrected chi connectivity index (χ3v) is 2.19. The van der Waals surface area contributed by atoms with E-state index < -0.39 is 24.6 Å². The Morgan fingerprint density at radius 1 is 1.57 bits per heavy atom. The van der Waals surface area contributed by atoms with Crippen molar-refractivity contribution < 1.29 is 19.8 Å². The number of rotatable bonds is 4. The molecule has 3 N–H and O–H groups in total. The second-order valence-corrected chi connectivity index (χ2v) is 3.36. The minimum atomic E-state index is -1.23. The summed E-state index contributed by atoms with van der Waals surface area (Å²) < 4.78 is 0. The van der Waals surface area contributed by atoms with Crippen LogP contribution in [0.15, 0.2) is 0 Å². The van der Waals surface area contributed by atoms with E-state index in [0.717, 1.165) is 12.8 Å². The van der Waals surface area contributed by atoms with Gasteiger partial charge in [-0.1, -0.05) is 0 Å². The van der Waals surface area contributed by atoms with Crippen LogP contribution in [0.3, 0.4) is 0 Å². The lowest BCUT2D eigenvalue weighted by Gasteiger charge is -2.19. The molecule has 1 aliphatic carbocycles. The number of carboxylic acids is 1. The summed E-state index contributed by atoms with van der Waals surface area (Å²) in [4.78, 5) is 23.3. The van der Waals surface area contributed by atoms with Gasteiger partial charge in [-0.15, -0.1) is 0 Å². The molecule has 1 aliphatic rings. The molecule has 0 radical (unpaired) electrons. The quantitative estimate of drug-likeness (QED) is 0.558. The lowest BCUT2D eigenvalue weighted by Crippen LogP contribution is -2.49. The number of nitrogens with zero attached hydrogens (tertiary/aromatic N) is 1. The Morgan fingerprint density at radius 3 is 2.50 bits per heavy atom. The van der Waals surface area contributed by atoms with Gasteiger partial charge in [0.1, 0.15) is 0 Å². The number of carboxylic acid groups (broad SMARTS) is 1. The summed E-state index contributed by atoms with van der Waals surface area (Å²) in [5.41, 5.74) is 0. The summed E-state index contributed by atoms with van der Waals surface area (Å²) in [6, 6.07) is -1.44. The number of carbonyl (C=O) groups excluding carboxylic acids is 1. The molecule has 6 nitrogen and oxygen atoms in total. The standard InChI is InChI=1S/C8H14N2O4/c1-10(5-2-3-5)8(14)9-6(4-11)7(12)13/h5-6,11H,2-4H2,1H3,(H,9,14)(H,12,13)/t6-/m1/s1. The highest BCUT2D eigenvalue weighted by Gasteiger charge is 2.31. The van der Waals surface area contributed by atoms with E-state index in [1.807, 2.05) is 0 Å². The van der Waals surface area contributed by atoms with E-state index >= 15 is 0 Å². The fraction of sp³-hybridized carbons (Fsp3) is 0.750. The molecule has 0 spiro atoms. The van der Waals surface area contributed by atoms with E-state index in [2.05, 4.69) is 5.32 Å². The lowest BCUT2D eigenvalue weighted by atomic mass is 10.3. The maximum atomic E-state index is 11.3. The van der Waals surface area contributed by atoms with Crippen LogP contribution >= 0.6 is 0 Å². The Kier molecular flexibility index (Phi) is 3.29. The third-order valence-electron chi connectivity index (χ3n) is 2.19. The molecular formula is C8H14N2O4. The Balaban J connectivity index is 2.40. The number of amides is 2. The number of aliphatic hydroxyl groups is 1. The van der Waals surface area contributed by atoms with Gasteiger partial charge in [0.2, 0.25) is 0 Å². The van der Waals surface area contributed by atoms with Crippen molar-refractivity contribution in [3.8, 4) is 0 Å². The van der Waals surface area contributed by atoms with Gasteiger partial charge in [-0.25, -0.2) is 9.59 Å². The first kappa shape index (κ1) is 10.8. The molecule has 14 heavy (non-hydrogen) atoms. The van der Waals surface area contributed by atoms with E-state index in [0.29, 0.717) is 0 Å². The number of aliphatic carboxylic acids is 1. The van der Waals surface area contributed by atoms with Crippen molar-refractivity contribution in [2.24, 2.45) is 0 Å². The van der Waals surface area contributed by atoms with E-state index in [-0.39, 0.29) is 6.04 Å². The van der Waals surface area contributed by atoms with Crippen LogP contribution in [0.2, 0.25) is 0 Å². The number of nitrogens with one attached hydrogen (secondary N) is 1. The minimum absolute atomic E-state index is 0.225. The summed E-state index contributed by atoms with van der Waals surface area (Å²) in [5.74, 6) is -1.23. The van der Waals surface area contributed by atoms with Crippen LogP contribution in [0, 0.1) is 0 Å². The fourth-order valence-electron chi connectivity index (χ4n) is 1.06. The lowest BCUT2D eigenvalue weighted by molar-refractivity contribution is -0.140. The average molecular weight is 202 g/mol. The summed E-state index contributed by atoms with van der Waals surface area (Å²) in [6.07, 6.45) is 1.92. The second-order valence-electron chi connectivity index (χ2n) is 3.36. The maximum Gasteiger partial charge on any atom is 0.328 e. The van der Waals surface area contributed by atoms with Crippen molar-refractivity contribution in [1.82, 2.24) is 10.2 Å². The molecule has 80 valence electrons. The molecule has 0 saturated heterocycles. The van der Waals surface area contributed by atoms with Crippen LogP contribution in [0.1, 0.15) is 12.8 Å². The molecule has 6 heteroatoms. The number of hydrogen-bond donors (Lipinski definition) is 3. The van der Waals surface area contributed by atoms with E-state index in [9.17, 15) is 9.59 Å². The first-order chi connectivity index (χ1) is 6.56. The number of hydrogen-bond acceptors (Lipinski definition) is 3. The van der Waals surface area contributed by atoms with Gasteiger partial charge in [-0.3, -0.25) is 0 Å². The zero-order valence-electron chi connectivity index (χ0n) is 7.93.